The van der Waals surface area contributed by atoms with E-state index < -0.39 is 11.8 Å². The molecule has 0 saturated carbocycles. The van der Waals surface area contributed by atoms with Crippen molar-refractivity contribution < 1.29 is 19.5 Å². The van der Waals surface area contributed by atoms with Crippen LogP contribution in [-0.2, 0) is 14.4 Å². The largest absolute Gasteiger partial charge is 0.400 e. The maximum absolute atomic E-state index is 11.6. The molecule has 1 aliphatic rings. The molecule has 7 nitrogen and oxygen atoms in total. The summed E-state index contributed by atoms with van der Waals surface area (Å²) in [4.78, 5) is 35.5. The fourth-order valence-corrected chi connectivity index (χ4v) is 2.16. The number of primary amides is 1. The van der Waals surface area contributed by atoms with Gasteiger partial charge in [-0.25, -0.2) is 0 Å². The average molecular weight is 390 g/mol. The van der Waals surface area contributed by atoms with Crippen molar-refractivity contribution in [1.82, 2.24) is 10.2 Å². The van der Waals surface area contributed by atoms with Gasteiger partial charge >= 0.3 is 0 Å². The van der Waals surface area contributed by atoms with Crippen LogP contribution in [0.4, 0.5) is 0 Å². The van der Waals surface area contributed by atoms with E-state index in [1.54, 1.807) is 11.8 Å². The summed E-state index contributed by atoms with van der Waals surface area (Å²) >= 11 is 0. The summed E-state index contributed by atoms with van der Waals surface area (Å²) in [5, 5.41) is 9.53. The van der Waals surface area contributed by atoms with Crippen molar-refractivity contribution in [2.45, 2.75) is 79.6 Å². The third-order valence-electron chi connectivity index (χ3n) is 3.53. The van der Waals surface area contributed by atoms with E-state index in [4.69, 9.17) is 10.8 Å². The van der Waals surface area contributed by atoms with Gasteiger partial charge in [-0.3, -0.25) is 14.4 Å². The Labute approximate surface area is 166 Å². The molecule has 0 radical (unpaired) electrons. The molecule has 1 atom stereocenters. The van der Waals surface area contributed by atoms with Gasteiger partial charge in [-0.05, 0) is 12.8 Å². The van der Waals surface area contributed by atoms with Crippen LogP contribution in [0.5, 0.6) is 0 Å². The van der Waals surface area contributed by atoms with Gasteiger partial charge in [-0.15, -0.1) is 0 Å². The van der Waals surface area contributed by atoms with Crippen LogP contribution in [-0.4, -0.2) is 54.5 Å². The maximum atomic E-state index is 11.6. The number of nitrogens with two attached hydrogens (primary N) is 1. The molecule has 162 valence electrons. The highest BCUT2D eigenvalue weighted by molar-refractivity contribution is 5.88. The Hall–Kier alpha value is -1.63. The lowest BCUT2D eigenvalue weighted by molar-refractivity contribution is -0.133. The summed E-state index contributed by atoms with van der Waals surface area (Å²) < 4.78 is 0. The van der Waals surface area contributed by atoms with Crippen LogP contribution in [0.2, 0.25) is 0 Å². The number of aliphatic hydroxyl groups excluding tert-OH is 1. The van der Waals surface area contributed by atoms with Crippen LogP contribution in [0.15, 0.2) is 0 Å². The zero-order valence-electron chi connectivity index (χ0n) is 18.3. The van der Waals surface area contributed by atoms with Gasteiger partial charge in [-0.2, -0.15) is 0 Å². The molecule has 1 saturated heterocycles. The zero-order chi connectivity index (χ0) is 21.7. The lowest BCUT2D eigenvalue weighted by atomic mass is 10.1. The molecule has 1 fully saturated rings. The number of hydrogen-bond acceptors (Lipinski definition) is 4. The van der Waals surface area contributed by atoms with E-state index in [2.05, 4.69) is 33.0 Å². The van der Waals surface area contributed by atoms with Gasteiger partial charge in [0.2, 0.25) is 17.7 Å². The molecule has 1 heterocycles. The molecule has 7 heteroatoms. The van der Waals surface area contributed by atoms with Crippen molar-refractivity contribution in [3.8, 4) is 0 Å². The molecule has 27 heavy (non-hydrogen) atoms. The van der Waals surface area contributed by atoms with E-state index in [-0.39, 0.29) is 24.8 Å². The predicted molar refractivity (Wildman–Crippen MR) is 111 cm³/mol. The second-order valence-electron chi connectivity index (χ2n) is 6.44. The zero-order valence-corrected chi connectivity index (χ0v) is 18.3. The Morgan fingerprint density at radius 3 is 1.81 bits per heavy atom. The molecule has 1 unspecified atom stereocenters. The lowest BCUT2D eigenvalue weighted by Crippen LogP contribution is -2.41. The number of nitrogens with one attached hydrogen (secondary N) is 1. The van der Waals surface area contributed by atoms with Crippen molar-refractivity contribution in [1.29, 1.82) is 0 Å². The minimum Gasteiger partial charge on any atom is -0.400 e. The number of unbranched alkanes of at least 4 members (excludes halogenated alkanes) is 2. The van der Waals surface area contributed by atoms with Crippen molar-refractivity contribution in [2.24, 2.45) is 11.7 Å². The van der Waals surface area contributed by atoms with Gasteiger partial charge < -0.3 is 21.1 Å². The van der Waals surface area contributed by atoms with Crippen LogP contribution in [0.25, 0.3) is 0 Å². The van der Waals surface area contributed by atoms with E-state index in [1.165, 1.54) is 25.7 Å². The fourth-order valence-electron chi connectivity index (χ4n) is 2.16. The Bertz CT molecular complexity index is 368. The number of likely N-dealkylation sites (tertiary alicyclic amines) is 1. The molecule has 4 N–H and O–H groups in total. The second-order valence-corrected chi connectivity index (χ2v) is 6.44. The van der Waals surface area contributed by atoms with Gasteiger partial charge in [-0.1, -0.05) is 60.3 Å². The Morgan fingerprint density at radius 1 is 1.04 bits per heavy atom. The molecular formula is C20H43N3O4. The first-order valence-corrected chi connectivity index (χ1v) is 10.1. The summed E-state index contributed by atoms with van der Waals surface area (Å²) in [5.74, 6) is -1.38. The first-order chi connectivity index (χ1) is 12.8. The third kappa shape index (κ3) is 20.5. The highest BCUT2D eigenvalue weighted by atomic mass is 16.2. The van der Waals surface area contributed by atoms with Gasteiger partial charge in [0.05, 0.1) is 6.54 Å². The maximum Gasteiger partial charge on any atom is 0.241 e. The highest BCUT2D eigenvalue weighted by Gasteiger charge is 2.20. The fraction of sp³-hybridized carbons (Fsp3) is 0.850. The normalized spacial score (nSPS) is 12.9. The van der Waals surface area contributed by atoms with E-state index in [0.29, 0.717) is 0 Å². The lowest BCUT2D eigenvalue weighted by Gasteiger charge is -2.16. The molecule has 0 bridgehead atoms. The first-order valence-electron chi connectivity index (χ1n) is 10.1. The average Bonchev–Trinajstić information content (AvgIpc) is 3.17. The molecule has 1 aliphatic heterocycles. The number of carbonyl (C=O) groups is 3. The Morgan fingerprint density at radius 2 is 1.48 bits per heavy atom. The molecule has 0 aliphatic carbocycles. The molecule has 0 aromatic carbocycles. The van der Waals surface area contributed by atoms with Gasteiger partial charge in [0, 0.05) is 32.5 Å². The molecule has 0 spiro atoms. The number of amides is 3. The van der Waals surface area contributed by atoms with Crippen LogP contribution >= 0.6 is 0 Å². The van der Waals surface area contributed by atoms with Crippen LogP contribution < -0.4 is 11.1 Å². The molecular weight excluding hydrogens is 346 g/mol. The standard InChI is InChI=1S/C11H19N3O3.C5H12.C3H8.CH4O/c1-8(6-9(12)15)11(17)13-7-10(16)14-4-2-3-5-14;1-3-5-4-2;1-3-2;1-2/h8H,2-7H2,1H3,(H2,12,15)(H,13,17);3-5H2,1-2H3;3H2,1-2H3;2H,1H3. The van der Waals surface area contributed by atoms with Crippen LogP contribution in [0.3, 0.4) is 0 Å². The van der Waals surface area contributed by atoms with E-state index in [0.717, 1.165) is 33.0 Å². The molecule has 1 rings (SSSR count). The summed E-state index contributed by atoms with van der Waals surface area (Å²) in [5.41, 5.74) is 4.99. The van der Waals surface area contributed by atoms with E-state index >= 15 is 0 Å². The van der Waals surface area contributed by atoms with Crippen LogP contribution in [0.1, 0.15) is 79.6 Å². The topological polar surface area (TPSA) is 113 Å². The first kappa shape index (κ1) is 30.1. The minimum absolute atomic E-state index is 0.00192. The molecule has 0 aromatic heterocycles. The van der Waals surface area contributed by atoms with Crippen molar-refractivity contribution in [2.75, 3.05) is 26.7 Å². The van der Waals surface area contributed by atoms with E-state index in [1.807, 2.05) is 0 Å². The number of carbonyl (C=O) groups excluding carboxylic acids is 3. The number of aliphatic hydroxyl groups is 1. The van der Waals surface area contributed by atoms with Gasteiger partial charge in [0.25, 0.3) is 0 Å². The van der Waals surface area contributed by atoms with Crippen molar-refractivity contribution in [3.05, 3.63) is 0 Å². The predicted octanol–water partition coefficient (Wildman–Crippen LogP) is 2.46. The highest BCUT2D eigenvalue weighted by Crippen LogP contribution is 2.07. The van der Waals surface area contributed by atoms with Crippen molar-refractivity contribution in [3.63, 3.8) is 0 Å². The quantitative estimate of drug-likeness (QED) is 0.620. The number of rotatable bonds is 7. The monoisotopic (exact) mass is 389 g/mol. The smallest absolute Gasteiger partial charge is 0.241 e. The molecule has 0 aromatic rings. The Balaban J connectivity index is -0.000000481. The van der Waals surface area contributed by atoms with Gasteiger partial charge in [0.15, 0.2) is 0 Å². The second kappa shape index (κ2) is 22.4. The summed E-state index contributed by atoms with van der Waals surface area (Å²) in [6.45, 7) is 11.8. The number of hydrogen-bond donors (Lipinski definition) is 3. The van der Waals surface area contributed by atoms with Crippen molar-refractivity contribution >= 4 is 17.7 Å². The minimum atomic E-state index is -0.515. The summed E-state index contributed by atoms with van der Waals surface area (Å²) in [7, 11) is 1.00. The molecule has 3 amide bonds. The van der Waals surface area contributed by atoms with E-state index in [9.17, 15) is 14.4 Å². The SMILES string of the molecule is CC(CC(N)=O)C(=O)NCC(=O)N1CCCC1.CCC.CCCCC.CO. The third-order valence-corrected chi connectivity index (χ3v) is 3.53. The number of nitrogens with zero attached hydrogens (tertiary/aromatic N) is 1. The Kier molecular flexibility index (Phi) is 25.0. The van der Waals surface area contributed by atoms with Gasteiger partial charge in [0.1, 0.15) is 0 Å². The van der Waals surface area contributed by atoms with Crippen LogP contribution in [0, 0.1) is 5.92 Å². The summed E-state index contributed by atoms with van der Waals surface area (Å²) in [6.07, 6.45) is 7.38. The summed E-state index contributed by atoms with van der Waals surface area (Å²) in [6, 6.07) is 0.